The number of nitrogens with one attached hydrogen (secondary N) is 1. The van der Waals surface area contributed by atoms with Gasteiger partial charge in [0.25, 0.3) is 5.91 Å². The number of rotatable bonds is 2. The van der Waals surface area contributed by atoms with Crippen molar-refractivity contribution in [3.05, 3.63) is 36.4 Å². The molecule has 7 nitrogen and oxygen atoms in total. The van der Waals surface area contributed by atoms with E-state index >= 15 is 0 Å². The zero-order valence-electron chi connectivity index (χ0n) is 12.6. The van der Waals surface area contributed by atoms with E-state index in [2.05, 4.69) is 15.2 Å². The van der Waals surface area contributed by atoms with Crippen LogP contribution >= 0.6 is 0 Å². The minimum atomic E-state index is -0.104. The van der Waals surface area contributed by atoms with Crippen molar-refractivity contribution >= 4 is 11.8 Å². The Hall–Kier alpha value is -2.70. The highest BCUT2D eigenvalue weighted by atomic mass is 16.2. The summed E-state index contributed by atoms with van der Waals surface area (Å²) in [6.45, 7) is 1.23. The van der Waals surface area contributed by atoms with Crippen molar-refractivity contribution in [3.8, 4) is 11.1 Å². The summed E-state index contributed by atoms with van der Waals surface area (Å²) in [5.74, 6) is 0.0490. The number of fused-ring (bicyclic) bond motifs is 1. The summed E-state index contributed by atoms with van der Waals surface area (Å²) in [7, 11) is 0. The van der Waals surface area contributed by atoms with Crippen molar-refractivity contribution in [1.29, 1.82) is 0 Å². The number of nitrogens with zero attached hydrogens (tertiary/aromatic N) is 4. The number of amides is 2. The first-order valence-corrected chi connectivity index (χ1v) is 7.80. The van der Waals surface area contributed by atoms with E-state index in [9.17, 15) is 9.59 Å². The van der Waals surface area contributed by atoms with Gasteiger partial charge in [0.2, 0.25) is 5.91 Å². The Balaban J connectivity index is 1.56. The van der Waals surface area contributed by atoms with Crippen LogP contribution in [0.5, 0.6) is 0 Å². The maximum absolute atomic E-state index is 12.8. The number of H-pyrrole nitrogens is 1. The van der Waals surface area contributed by atoms with Crippen LogP contribution in [0.25, 0.3) is 11.1 Å². The Morgan fingerprint density at radius 1 is 1.22 bits per heavy atom. The first-order chi connectivity index (χ1) is 11.2. The maximum atomic E-state index is 12.8. The number of carbonyl (C=O) groups is 2. The van der Waals surface area contributed by atoms with Gasteiger partial charge in [-0.2, -0.15) is 5.10 Å². The maximum Gasteiger partial charge on any atom is 0.274 e. The standard InChI is InChI=1S/C16H17N5O2/c22-15-5-7-21(14-2-1-6-20(14)15)16(23)13-4-3-11(8-17-13)12-9-18-19-10-12/h3-4,8-10,14H,1-2,5-7H2,(H,18,19). The molecule has 0 bridgehead atoms. The molecule has 7 heteroatoms. The highest BCUT2D eigenvalue weighted by molar-refractivity contribution is 5.94. The van der Waals surface area contributed by atoms with Gasteiger partial charge in [0.1, 0.15) is 11.9 Å². The van der Waals surface area contributed by atoms with Crippen LogP contribution in [0.1, 0.15) is 29.8 Å². The average Bonchev–Trinajstić information content (AvgIpc) is 3.27. The average molecular weight is 311 g/mol. The molecule has 0 saturated carbocycles. The van der Waals surface area contributed by atoms with E-state index in [1.165, 1.54) is 0 Å². The van der Waals surface area contributed by atoms with Crippen molar-refractivity contribution in [2.45, 2.75) is 25.4 Å². The molecule has 2 amide bonds. The highest BCUT2D eigenvalue weighted by Crippen LogP contribution is 2.27. The first-order valence-electron chi connectivity index (χ1n) is 7.80. The van der Waals surface area contributed by atoms with E-state index in [1.807, 2.05) is 11.0 Å². The summed E-state index contributed by atoms with van der Waals surface area (Å²) < 4.78 is 0. The van der Waals surface area contributed by atoms with E-state index in [4.69, 9.17) is 0 Å². The first kappa shape index (κ1) is 13.9. The van der Waals surface area contributed by atoms with Gasteiger partial charge in [-0.15, -0.1) is 0 Å². The number of pyridine rings is 1. The molecular weight excluding hydrogens is 294 g/mol. The molecule has 0 aromatic carbocycles. The molecule has 1 unspecified atom stereocenters. The van der Waals surface area contributed by atoms with Crippen molar-refractivity contribution in [2.75, 3.05) is 13.1 Å². The lowest BCUT2D eigenvalue weighted by molar-refractivity contribution is -0.139. The molecule has 2 saturated heterocycles. The Morgan fingerprint density at radius 2 is 2.13 bits per heavy atom. The Morgan fingerprint density at radius 3 is 2.87 bits per heavy atom. The van der Waals surface area contributed by atoms with Gasteiger partial charge >= 0.3 is 0 Å². The quantitative estimate of drug-likeness (QED) is 0.905. The van der Waals surface area contributed by atoms with Crippen LogP contribution in [0.2, 0.25) is 0 Å². The van der Waals surface area contributed by atoms with Crippen LogP contribution in [0.3, 0.4) is 0 Å². The molecule has 118 valence electrons. The second-order valence-corrected chi connectivity index (χ2v) is 5.88. The van der Waals surface area contributed by atoms with Gasteiger partial charge in [-0.05, 0) is 18.9 Å². The molecule has 0 aliphatic carbocycles. The molecule has 2 fully saturated rings. The monoisotopic (exact) mass is 311 g/mol. The SMILES string of the molecule is O=C1CCN(C(=O)c2ccc(-c3cn[nH]c3)cn2)C2CCCN12. The summed E-state index contributed by atoms with van der Waals surface area (Å²) in [4.78, 5) is 32.6. The van der Waals surface area contributed by atoms with Gasteiger partial charge in [0.15, 0.2) is 0 Å². The van der Waals surface area contributed by atoms with Crippen molar-refractivity contribution in [3.63, 3.8) is 0 Å². The summed E-state index contributed by atoms with van der Waals surface area (Å²) in [6, 6.07) is 3.60. The Labute approximate surface area is 133 Å². The summed E-state index contributed by atoms with van der Waals surface area (Å²) >= 11 is 0. The van der Waals surface area contributed by atoms with Gasteiger partial charge in [-0.3, -0.25) is 19.7 Å². The Bertz CT molecular complexity index is 725. The van der Waals surface area contributed by atoms with Crippen molar-refractivity contribution in [2.24, 2.45) is 0 Å². The van der Waals surface area contributed by atoms with E-state index in [0.717, 1.165) is 30.5 Å². The fraction of sp³-hybridized carbons (Fsp3) is 0.375. The largest absolute Gasteiger partial charge is 0.322 e. The van der Waals surface area contributed by atoms with E-state index in [1.54, 1.807) is 29.6 Å². The molecule has 1 atom stereocenters. The minimum absolute atomic E-state index is 0.0981. The summed E-state index contributed by atoms with van der Waals surface area (Å²) in [5, 5.41) is 6.66. The molecular formula is C16H17N5O2. The third-order valence-electron chi connectivity index (χ3n) is 4.54. The molecule has 2 aliphatic heterocycles. The number of aromatic nitrogens is 3. The lowest BCUT2D eigenvalue weighted by atomic mass is 10.1. The molecule has 23 heavy (non-hydrogen) atoms. The summed E-state index contributed by atoms with van der Waals surface area (Å²) in [6.07, 6.45) is 7.28. The second kappa shape index (κ2) is 5.49. The van der Waals surface area contributed by atoms with Crippen LogP contribution < -0.4 is 0 Å². The number of hydrogen-bond donors (Lipinski definition) is 1. The molecule has 0 spiro atoms. The molecule has 4 heterocycles. The topological polar surface area (TPSA) is 82.2 Å². The third-order valence-corrected chi connectivity index (χ3v) is 4.54. The lowest BCUT2D eigenvalue weighted by Gasteiger charge is -2.39. The normalized spacial score (nSPS) is 20.7. The zero-order chi connectivity index (χ0) is 15.8. The smallest absolute Gasteiger partial charge is 0.274 e. The minimum Gasteiger partial charge on any atom is -0.322 e. The number of carbonyl (C=O) groups excluding carboxylic acids is 2. The van der Waals surface area contributed by atoms with Crippen LogP contribution in [-0.4, -0.2) is 56.1 Å². The van der Waals surface area contributed by atoms with Crippen LogP contribution in [0, 0.1) is 0 Å². The van der Waals surface area contributed by atoms with Crippen LogP contribution in [-0.2, 0) is 4.79 Å². The number of hydrogen-bond acceptors (Lipinski definition) is 4. The van der Waals surface area contributed by atoms with Crippen molar-refractivity contribution in [1.82, 2.24) is 25.0 Å². The molecule has 2 aromatic rings. The van der Waals surface area contributed by atoms with E-state index in [-0.39, 0.29) is 18.0 Å². The molecule has 2 aromatic heterocycles. The fourth-order valence-corrected chi connectivity index (χ4v) is 3.36. The molecule has 2 aliphatic rings. The van der Waals surface area contributed by atoms with Crippen molar-refractivity contribution < 1.29 is 9.59 Å². The highest BCUT2D eigenvalue weighted by Gasteiger charge is 2.39. The van der Waals surface area contributed by atoms with Gasteiger partial charge < -0.3 is 9.80 Å². The summed E-state index contributed by atoms with van der Waals surface area (Å²) in [5.41, 5.74) is 2.26. The van der Waals surface area contributed by atoms with Gasteiger partial charge in [-0.25, -0.2) is 0 Å². The third kappa shape index (κ3) is 2.38. The number of aromatic amines is 1. The van der Waals surface area contributed by atoms with E-state index in [0.29, 0.717) is 18.7 Å². The van der Waals surface area contributed by atoms with Gasteiger partial charge in [0.05, 0.1) is 6.20 Å². The second-order valence-electron chi connectivity index (χ2n) is 5.88. The van der Waals surface area contributed by atoms with E-state index < -0.39 is 0 Å². The molecule has 1 N–H and O–H groups in total. The lowest BCUT2D eigenvalue weighted by Crippen LogP contribution is -2.55. The molecule has 4 rings (SSSR count). The van der Waals surface area contributed by atoms with Crippen LogP contribution in [0.4, 0.5) is 0 Å². The van der Waals surface area contributed by atoms with Crippen LogP contribution in [0.15, 0.2) is 30.7 Å². The predicted octanol–water partition coefficient (Wildman–Crippen LogP) is 1.27. The zero-order valence-corrected chi connectivity index (χ0v) is 12.6. The molecule has 0 radical (unpaired) electrons. The Kier molecular flexibility index (Phi) is 3.33. The fourth-order valence-electron chi connectivity index (χ4n) is 3.36. The van der Waals surface area contributed by atoms with Gasteiger partial charge in [0, 0.05) is 43.0 Å². The van der Waals surface area contributed by atoms with Gasteiger partial charge in [-0.1, -0.05) is 6.07 Å². The predicted molar refractivity (Wildman–Crippen MR) is 82.2 cm³/mol.